The third-order valence-electron chi connectivity index (χ3n) is 2.50. The number of rotatable bonds is 3. The molecular formula is C13H13N5O2. The summed E-state index contributed by atoms with van der Waals surface area (Å²) in [6, 6.07) is 9.17. The fraction of sp³-hybridized carbons (Fsp3) is 0. The molecule has 0 atom stereocenters. The molecule has 0 unspecified atom stereocenters. The summed E-state index contributed by atoms with van der Waals surface area (Å²) in [4.78, 5) is 26.7. The maximum atomic E-state index is 11.8. The van der Waals surface area contributed by atoms with Gasteiger partial charge in [-0.2, -0.15) is 0 Å². The Morgan fingerprint density at radius 1 is 1.10 bits per heavy atom. The molecule has 0 saturated heterocycles. The van der Waals surface area contributed by atoms with Crippen molar-refractivity contribution in [3.63, 3.8) is 0 Å². The van der Waals surface area contributed by atoms with E-state index in [1.165, 1.54) is 18.3 Å². The first-order valence-corrected chi connectivity index (χ1v) is 5.74. The van der Waals surface area contributed by atoms with Gasteiger partial charge in [0.2, 0.25) is 5.91 Å². The van der Waals surface area contributed by atoms with Gasteiger partial charge in [0.1, 0.15) is 5.82 Å². The lowest BCUT2D eigenvalue weighted by atomic mass is 10.2. The van der Waals surface area contributed by atoms with Crippen molar-refractivity contribution < 1.29 is 9.59 Å². The summed E-state index contributed by atoms with van der Waals surface area (Å²) in [7, 11) is 0. The Kier molecular flexibility index (Phi) is 3.80. The number of nitrogens with zero attached hydrogens (tertiary/aromatic N) is 1. The second-order valence-corrected chi connectivity index (χ2v) is 3.96. The molecule has 0 bridgehead atoms. The van der Waals surface area contributed by atoms with Gasteiger partial charge in [-0.1, -0.05) is 12.1 Å². The Morgan fingerprint density at radius 3 is 2.55 bits per heavy atom. The Morgan fingerprint density at radius 2 is 1.85 bits per heavy atom. The van der Waals surface area contributed by atoms with E-state index in [1.54, 1.807) is 24.3 Å². The van der Waals surface area contributed by atoms with Gasteiger partial charge < -0.3 is 16.8 Å². The zero-order valence-corrected chi connectivity index (χ0v) is 10.5. The topological polar surface area (TPSA) is 123 Å². The van der Waals surface area contributed by atoms with Crippen LogP contribution in [0.4, 0.5) is 22.0 Å². The van der Waals surface area contributed by atoms with Gasteiger partial charge in [-0.25, -0.2) is 9.78 Å². The molecule has 0 aliphatic heterocycles. The van der Waals surface area contributed by atoms with Gasteiger partial charge in [-0.15, -0.1) is 0 Å². The van der Waals surface area contributed by atoms with Crippen LogP contribution in [0.5, 0.6) is 0 Å². The Balaban J connectivity index is 2.07. The highest BCUT2D eigenvalue weighted by Crippen LogP contribution is 2.17. The van der Waals surface area contributed by atoms with Crippen LogP contribution in [0.15, 0.2) is 42.6 Å². The fourth-order valence-corrected chi connectivity index (χ4v) is 1.53. The first kappa shape index (κ1) is 13.3. The van der Waals surface area contributed by atoms with Gasteiger partial charge in [0.25, 0.3) is 0 Å². The number of amides is 3. The lowest BCUT2D eigenvalue weighted by molar-refractivity contribution is 0.1000. The third kappa shape index (κ3) is 3.22. The number of nitrogens with two attached hydrogens (primary N) is 2. The van der Waals surface area contributed by atoms with Crippen molar-refractivity contribution in [1.82, 2.24) is 4.98 Å². The van der Waals surface area contributed by atoms with Crippen LogP contribution in [0.3, 0.4) is 0 Å². The SMILES string of the molecule is NC(=O)c1ccnc(NC(=O)Nc2ccccc2N)c1. The smallest absolute Gasteiger partial charge is 0.324 e. The van der Waals surface area contributed by atoms with Gasteiger partial charge in [0, 0.05) is 11.8 Å². The van der Waals surface area contributed by atoms with E-state index in [9.17, 15) is 9.59 Å². The van der Waals surface area contributed by atoms with Crippen LogP contribution < -0.4 is 22.1 Å². The predicted molar refractivity (Wildman–Crippen MR) is 76.3 cm³/mol. The number of hydrogen-bond acceptors (Lipinski definition) is 4. The van der Waals surface area contributed by atoms with Crippen molar-refractivity contribution >= 4 is 29.1 Å². The first-order valence-electron chi connectivity index (χ1n) is 5.74. The average Bonchev–Trinajstić information content (AvgIpc) is 2.41. The van der Waals surface area contributed by atoms with Crippen LogP contribution in [0, 0.1) is 0 Å². The molecule has 0 saturated carbocycles. The summed E-state index contributed by atoms with van der Waals surface area (Å²) in [6.45, 7) is 0. The van der Waals surface area contributed by atoms with E-state index < -0.39 is 11.9 Å². The molecule has 6 N–H and O–H groups in total. The van der Waals surface area contributed by atoms with Gasteiger partial charge >= 0.3 is 6.03 Å². The molecule has 0 aliphatic rings. The molecule has 7 heteroatoms. The molecule has 2 aromatic rings. The number of benzene rings is 1. The van der Waals surface area contributed by atoms with E-state index in [4.69, 9.17) is 11.5 Å². The number of primary amides is 1. The van der Waals surface area contributed by atoms with Crippen LogP contribution in [-0.2, 0) is 0 Å². The molecule has 1 heterocycles. The molecule has 1 aromatic carbocycles. The zero-order valence-electron chi connectivity index (χ0n) is 10.5. The van der Waals surface area contributed by atoms with Crippen molar-refractivity contribution in [2.45, 2.75) is 0 Å². The number of pyridine rings is 1. The number of para-hydroxylation sites is 2. The minimum Gasteiger partial charge on any atom is -0.397 e. The Bertz CT molecular complexity index is 657. The van der Waals surface area contributed by atoms with Crippen molar-refractivity contribution in [2.75, 3.05) is 16.4 Å². The minimum atomic E-state index is -0.594. The molecule has 2 rings (SSSR count). The largest absolute Gasteiger partial charge is 0.397 e. The van der Waals surface area contributed by atoms with Gasteiger partial charge in [0.15, 0.2) is 0 Å². The van der Waals surface area contributed by atoms with E-state index in [0.717, 1.165) is 0 Å². The minimum absolute atomic E-state index is 0.216. The fourth-order valence-electron chi connectivity index (χ4n) is 1.53. The monoisotopic (exact) mass is 271 g/mol. The third-order valence-corrected chi connectivity index (χ3v) is 2.50. The summed E-state index contributed by atoms with van der Waals surface area (Å²) in [5.41, 5.74) is 12.0. The maximum absolute atomic E-state index is 11.8. The molecule has 20 heavy (non-hydrogen) atoms. The Hall–Kier alpha value is -3.09. The highest BCUT2D eigenvalue weighted by Gasteiger charge is 2.07. The van der Waals surface area contributed by atoms with E-state index in [1.807, 2.05) is 0 Å². The molecule has 3 amide bonds. The second-order valence-electron chi connectivity index (χ2n) is 3.96. The molecule has 0 aliphatic carbocycles. The van der Waals surface area contributed by atoms with Crippen LogP contribution >= 0.6 is 0 Å². The van der Waals surface area contributed by atoms with Crippen LogP contribution in [0.1, 0.15) is 10.4 Å². The summed E-state index contributed by atoms with van der Waals surface area (Å²) >= 11 is 0. The van der Waals surface area contributed by atoms with Gasteiger partial charge in [-0.3, -0.25) is 10.1 Å². The summed E-state index contributed by atoms with van der Waals surface area (Å²) in [5, 5.41) is 5.06. The second kappa shape index (κ2) is 5.70. The number of nitrogen functional groups attached to an aromatic ring is 1. The average molecular weight is 271 g/mol. The predicted octanol–water partition coefficient (Wildman–Crippen LogP) is 1.41. The first-order chi connectivity index (χ1) is 9.56. The van der Waals surface area contributed by atoms with Crippen molar-refractivity contribution in [3.05, 3.63) is 48.2 Å². The van der Waals surface area contributed by atoms with E-state index >= 15 is 0 Å². The van der Waals surface area contributed by atoms with Crippen molar-refractivity contribution in [1.29, 1.82) is 0 Å². The quantitative estimate of drug-likeness (QED) is 0.630. The summed E-state index contributed by atoms with van der Waals surface area (Å²) in [6.07, 6.45) is 1.38. The number of carbonyl (C=O) groups is 2. The number of carbonyl (C=O) groups excluding carboxylic acids is 2. The highest BCUT2D eigenvalue weighted by molar-refractivity contribution is 6.01. The number of hydrogen-bond donors (Lipinski definition) is 4. The zero-order chi connectivity index (χ0) is 14.5. The molecule has 0 spiro atoms. The van der Waals surface area contributed by atoms with Gasteiger partial charge in [0.05, 0.1) is 11.4 Å². The molecule has 0 fully saturated rings. The number of aromatic nitrogens is 1. The van der Waals surface area contributed by atoms with E-state index in [-0.39, 0.29) is 11.4 Å². The molecule has 0 radical (unpaired) electrons. The molecule has 7 nitrogen and oxygen atoms in total. The van der Waals surface area contributed by atoms with Crippen LogP contribution in [0.25, 0.3) is 0 Å². The van der Waals surface area contributed by atoms with Crippen molar-refractivity contribution in [2.24, 2.45) is 5.73 Å². The summed E-state index contributed by atoms with van der Waals surface area (Å²) in [5.74, 6) is -0.378. The Labute approximate surface area is 115 Å². The maximum Gasteiger partial charge on any atom is 0.324 e. The molecular weight excluding hydrogens is 258 g/mol. The van der Waals surface area contributed by atoms with Gasteiger partial charge in [-0.05, 0) is 24.3 Å². The molecule has 1 aromatic heterocycles. The number of anilines is 3. The van der Waals surface area contributed by atoms with Crippen LogP contribution in [0.2, 0.25) is 0 Å². The lowest BCUT2D eigenvalue weighted by Crippen LogP contribution is -2.21. The van der Waals surface area contributed by atoms with Crippen molar-refractivity contribution in [3.8, 4) is 0 Å². The highest BCUT2D eigenvalue weighted by atomic mass is 16.2. The lowest BCUT2D eigenvalue weighted by Gasteiger charge is -2.09. The van der Waals surface area contributed by atoms with E-state index in [0.29, 0.717) is 11.4 Å². The standard InChI is InChI=1S/C13H13N5O2/c14-9-3-1-2-4-10(9)17-13(20)18-11-7-8(12(15)19)5-6-16-11/h1-7H,14H2,(H2,15,19)(H2,16,17,18,20). The molecule has 102 valence electrons. The normalized spacial score (nSPS) is 9.80. The number of nitrogens with one attached hydrogen (secondary N) is 2. The summed E-state index contributed by atoms with van der Waals surface area (Å²) < 4.78 is 0. The van der Waals surface area contributed by atoms with E-state index in [2.05, 4.69) is 15.6 Å². The number of urea groups is 1. The van der Waals surface area contributed by atoms with Crippen LogP contribution in [-0.4, -0.2) is 16.9 Å².